The van der Waals surface area contributed by atoms with Crippen molar-refractivity contribution in [2.24, 2.45) is 0 Å². The molecule has 0 atom stereocenters. The molecule has 0 saturated carbocycles. The molecule has 0 unspecified atom stereocenters. The van der Waals surface area contributed by atoms with Gasteiger partial charge in [0.05, 0.1) is 4.92 Å². The van der Waals surface area contributed by atoms with Gasteiger partial charge in [0.25, 0.3) is 5.69 Å². The van der Waals surface area contributed by atoms with Gasteiger partial charge in [0.1, 0.15) is 17.2 Å². The molecule has 0 aliphatic carbocycles. The van der Waals surface area contributed by atoms with E-state index in [1.54, 1.807) is 13.0 Å². The Morgan fingerprint density at radius 1 is 1.57 bits per heavy atom. The first-order valence-electron chi connectivity index (χ1n) is 6.27. The molecule has 1 aliphatic heterocycles. The lowest BCUT2D eigenvalue weighted by atomic mass is 9.94. The van der Waals surface area contributed by atoms with Crippen LogP contribution in [-0.4, -0.2) is 41.3 Å². The summed E-state index contributed by atoms with van der Waals surface area (Å²) < 4.78 is 5.33. The number of hydrogen-bond donors (Lipinski definition) is 1. The molecule has 0 amide bonds. The number of carbonyl (C=O) groups is 1. The van der Waals surface area contributed by atoms with Crippen LogP contribution in [0.25, 0.3) is 0 Å². The first kappa shape index (κ1) is 15.5. The highest BCUT2D eigenvalue weighted by atomic mass is 35.5. The molecule has 1 aromatic rings. The third-order valence-electron chi connectivity index (χ3n) is 3.40. The second-order valence-electron chi connectivity index (χ2n) is 5.34. The van der Waals surface area contributed by atoms with Crippen molar-refractivity contribution in [3.05, 3.63) is 32.8 Å². The number of anilines is 1. The van der Waals surface area contributed by atoms with Gasteiger partial charge in [-0.05, 0) is 25.5 Å². The second kappa shape index (κ2) is 5.50. The maximum absolute atomic E-state index is 10.8. The van der Waals surface area contributed by atoms with Crippen LogP contribution < -0.4 is 4.90 Å². The fourth-order valence-electron chi connectivity index (χ4n) is 2.40. The largest absolute Gasteiger partial charge is 0.480 e. The monoisotopic (exact) mass is 314 g/mol. The molecule has 1 fully saturated rings. The van der Waals surface area contributed by atoms with E-state index in [1.807, 2.05) is 11.8 Å². The van der Waals surface area contributed by atoms with Gasteiger partial charge in [-0.1, -0.05) is 11.6 Å². The quantitative estimate of drug-likeness (QED) is 0.661. The smallest absolute Gasteiger partial charge is 0.329 e. The number of nitro groups is 1. The number of carboxylic acids is 1. The van der Waals surface area contributed by atoms with Gasteiger partial charge in [0.2, 0.25) is 0 Å². The van der Waals surface area contributed by atoms with Gasteiger partial charge in [0, 0.05) is 24.8 Å². The van der Waals surface area contributed by atoms with Gasteiger partial charge < -0.3 is 14.7 Å². The summed E-state index contributed by atoms with van der Waals surface area (Å²) in [6.45, 7) is 4.27. The van der Waals surface area contributed by atoms with Crippen LogP contribution in [0.5, 0.6) is 0 Å². The Bertz CT molecular complexity index is 598. The third-order valence-corrected chi connectivity index (χ3v) is 3.70. The maximum atomic E-state index is 10.8. The minimum Gasteiger partial charge on any atom is -0.480 e. The molecule has 114 valence electrons. The molecule has 7 nitrogen and oxygen atoms in total. The van der Waals surface area contributed by atoms with Crippen molar-refractivity contribution in [1.82, 2.24) is 0 Å². The van der Waals surface area contributed by atoms with Crippen LogP contribution in [0.2, 0.25) is 5.02 Å². The van der Waals surface area contributed by atoms with Crippen molar-refractivity contribution in [3.8, 4) is 0 Å². The number of benzene rings is 1. The van der Waals surface area contributed by atoms with Gasteiger partial charge in [0.15, 0.2) is 0 Å². The fourth-order valence-corrected chi connectivity index (χ4v) is 2.62. The van der Waals surface area contributed by atoms with Crippen molar-refractivity contribution in [2.45, 2.75) is 19.4 Å². The summed E-state index contributed by atoms with van der Waals surface area (Å²) in [5.74, 6) is -1.01. The van der Waals surface area contributed by atoms with E-state index >= 15 is 0 Å². The van der Waals surface area contributed by atoms with Crippen LogP contribution in [0.4, 0.5) is 11.4 Å². The van der Waals surface area contributed by atoms with Crippen LogP contribution in [0.3, 0.4) is 0 Å². The van der Waals surface area contributed by atoms with Crippen LogP contribution >= 0.6 is 11.6 Å². The van der Waals surface area contributed by atoms with E-state index in [-0.39, 0.29) is 17.3 Å². The number of nitro benzene ring substituents is 1. The molecule has 0 radical (unpaired) electrons. The summed E-state index contributed by atoms with van der Waals surface area (Å²) in [4.78, 5) is 22.8. The lowest BCUT2D eigenvalue weighted by Crippen LogP contribution is -2.62. The number of nitrogens with zero attached hydrogens (tertiary/aromatic N) is 2. The van der Waals surface area contributed by atoms with Crippen molar-refractivity contribution in [1.29, 1.82) is 0 Å². The van der Waals surface area contributed by atoms with E-state index in [1.165, 1.54) is 6.07 Å². The topological polar surface area (TPSA) is 92.9 Å². The Morgan fingerprint density at radius 3 is 2.71 bits per heavy atom. The second-order valence-corrected chi connectivity index (χ2v) is 5.74. The van der Waals surface area contributed by atoms with E-state index < -0.39 is 16.5 Å². The number of carboxylic acid groups (broad SMARTS) is 1. The molecule has 1 N–H and O–H groups in total. The predicted octanol–water partition coefficient (Wildman–Crippen LogP) is 2.24. The first-order chi connectivity index (χ1) is 9.72. The van der Waals surface area contributed by atoms with Crippen LogP contribution in [0.15, 0.2) is 12.1 Å². The summed E-state index contributed by atoms with van der Waals surface area (Å²) in [7, 11) is 0. The zero-order valence-corrected chi connectivity index (χ0v) is 12.4. The number of rotatable bonds is 5. The Labute approximate surface area is 126 Å². The molecule has 0 aromatic heterocycles. The van der Waals surface area contributed by atoms with Crippen LogP contribution in [-0.2, 0) is 9.53 Å². The lowest BCUT2D eigenvalue weighted by Gasteiger charge is -2.49. The predicted molar refractivity (Wildman–Crippen MR) is 77.0 cm³/mol. The molecule has 0 bridgehead atoms. The highest BCUT2D eigenvalue weighted by Gasteiger charge is 2.41. The lowest BCUT2D eigenvalue weighted by molar-refractivity contribution is -0.384. The molecule has 1 saturated heterocycles. The van der Waals surface area contributed by atoms with Gasteiger partial charge in [-0.2, -0.15) is 0 Å². The number of halogens is 1. The maximum Gasteiger partial charge on any atom is 0.329 e. The van der Waals surface area contributed by atoms with E-state index in [0.717, 1.165) is 11.3 Å². The molecule has 0 spiro atoms. The van der Waals surface area contributed by atoms with Gasteiger partial charge >= 0.3 is 5.97 Å². The normalized spacial score (nSPS) is 16.4. The minimum atomic E-state index is -1.01. The van der Waals surface area contributed by atoms with Crippen molar-refractivity contribution in [3.63, 3.8) is 0 Å². The average molecular weight is 315 g/mol. The van der Waals surface area contributed by atoms with E-state index in [2.05, 4.69) is 0 Å². The number of aliphatic carboxylic acids is 1. The summed E-state index contributed by atoms with van der Waals surface area (Å²) >= 11 is 5.92. The molecule has 8 heteroatoms. The SMILES string of the molecule is Cc1cc([N+](=O)[O-])c(Cl)cc1N1CC(C)(OCC(=O)O)C1. The highest BCUT2D eigenvalue weighted by Crippen LogP contribution is 2.37. The molecular weight excluding hydrogens is 300 g/mol. The molecular formula is C13H15ClN2O5. The molecule has 1 heterocycles. The van der Waals surface area contributed by atoms with Crippen molar-refractivity contribution >= 4 is 28.9 Å². The molecule has 1 aromatic carbocycles. The Kier molecular flexibility index (Phi) is 4.06. The highest BCUT2D eigenvalue weighted by molar-refractivity contribution is 6.33. The van der Waals surface area contributed by atoms with E-state index in [9.17, 15) is 14.9 Å². The number of ether oxygens (including phenoxy) is 1. The number of hydrogen-bond acceptors (Lipinski definition) is 5. The molecule has 21 heavy (non-hydrogen) atoms. The van der Waals surface area contributed by atoms with Gasteiger partial charge in [-0.15, -0.1) is 0 Å². The summed E-state index contributed by atoms with van der Waals surface area (Å²) in [5.41, 5.74) is 0.885. The number of aryl methyl sites for hydroxylation is 1. The standard InChI is InChI=1S/C13H15ClN2O5/c1-8-3-11(16(19)20)9(14)4-10(8)15-6-13(2,7-15)21-5-12(17)18/h3-4H,5-7H2,1-2H3,(H,17,18). The first-order valence-corrected chi connectivity index (χ1v) is 6.65. The van der Waals surface area contributed by atoms with E-state index in [0.29, 0.717) is 13.1 Å². The third kappa shape index (κ3) is 3.25. The average Bonchev–Trinajstić information content (AvgIpc) is 2.35. The molecule has 1 aliphatic rings. The summed E-state index contributed by atoms with van der Waals surface area (Å²) in [5, 5.41) is 19.5. The van der Waals surface area contributed by atoms with E-state index in [4.69, 9.17) is 21.4 Å². The minimum absolute atomic E-state index is 0.0839. The Morgan fingerprint density at radius 2 is 2.19 bits per heavy atom. The Hall–Kier alpha value is -1.86. The summed E-state index contributed by atoms with van der Waals surface area (Å²) in [6, 6.07) is 3.00. The van der Waals surface area contributed by atoms with Crippen LogP contribution in [0, 0.1) is 17.0 Å². The van der Waals surface area contributed by atoms with Crippen molar-refractivity contribution < 1.29 is 19.6 Å². The fraction of sp³-hybridized carbons (Fsp3) is 0.462. The Balaban J connectivity index is 2.10. The zero-order valence-electron chi connectivity index (χ0n) is 11.6. The van der Waals surface area contributed by atoms with Gasteiger partial charge in [-0.3, -0.25) is 10.1 Å². The van der Waals surface area contributed by atoms with Crippen LogP contribution in [0.1, 0.15) is 12.5 Å². The summed E-state index contributed by atoms with van der Waals surface area (Å²) in [6.07, 6.45) is 0. The van der Waals surface area contributed by atoms with Gasteiger partial charge in [-0.25, -0.2) is 4.79 Å². The molecule has 2 rings (SSSR count). The zero-order chi connectivity index (χ0) is 15.8. The van der Waals surface area contributed by atoms with Crippen molar-refractivity contribution in [2.75, 3.05) is 24.6 Å².